The van der Waals surface area contributed by atoms with Crippen molar-refractivity contribution in [1.29, 1.82) is 0 Å². The van der Waals surface area contributed by atoms with Gasteiger partial charge in [-0.1, -0.05) is 13.8 Å². The molecule has 0 saturated carbocycles. The Morgan fingerprint density at radius 2 is 1.83 bits per heavy atom. The van der Waals surface area contributed by atoms with E-state index in [9.17, 15) is 13.2 Å². The molecule has 1 heterocycles. The van der Waals surface area contributed by atoms with Gasteiger partial charge in [0.2, 0.25) is 0 Å². The summed E-state index contributed by atoms with van der Waals surface area (Å²) in [5, 5.41) is 3.33. The second-order valence-corrected chi connectivity index (χ2v) is 4.97. The Morgan fingerprint density at radius 1 is 1.22 bits per heavy atom. The maximum atomic E-state index is 13.6. The SMILES string of the molecule is CC(C)NC1CCN(c2c(F)cc(F)cc2F)C1. The maximum Gasteiger partial charge on any atom is 0.152 e. The van der Waals surface area contributed by atoms with Crippen LogP contribution in [0.1, 0.15) is 20.3 Å². The molecule has 0 amide bonds. The van der Waals surface area contributed by atoms with Crippen LogP contribution in [0.3, 0.4) is 0 Å². The van der Waals surface area contributed by atoms with Crippen LogP contribution in [0.15, 0.2) is 12.1 Å². The first-order valence-electron chi connectivity index (χ1n) is 6.13. The topological polar surface area (TPSA) is 15.3 Å². The lowest BCUT2D eigenvalue weighted by Gasteiger charge is -2.21. The molecule has 1 aromatic carbocycles. The van der Waals surface area contributed by atoms with E-state index in [2.05, 4.69) is 5.32 Å². The van der Waals surface area contributed by atoms with Crippen molar-refractivity contribution in [2.45, 2.75) is 32.4 Å². The van der Waals surface area contributed by atoms with E-state index in [1.54, 1.807) is 4.90 Å². The molecule has 5 heteroatoms. The molecule has 2 rings (SSSR count). The van der Waals surface area contributed by atoms with Crippen LogP contribution in [0.5, 0.6) is 0 Å². The predicted molar refractivity (Wildman–Crippen MR) is 65.2 cm³/mol. The number of rotatable bonds is 3. The Balaban J connectivity index is 2.14. The number of anilines is 1. The fraction of sp³-hybridized carbons (Fsp3) is 0.538. The normalized spacial score (nSPS) is 19.9. The van der Waals surface area contributed by atoms with E-state index >= 15 is 0 Å². The van der Waals surface area contributed by atoms with E-state index in [1.807, 2.05) is 13.8 Å². The minimum atomic E-state index is -0.884. The van der Waals surface area contributed by atoms with Gasteiger partial charge in [-0.05, 0) is 6.42 Å². The Hall–Kier alpha value is -1.23. The van der Waals surface area contributed by atoms with Crippen LogP contribution in [-0.4, -0.2) is 25.2 Å². The van der Waals surface area contributed by atoms with Crippen LogP contribution < -0.4 is 10.2 Å². The van der Waals surface area contributed by atoms with Crippen molar-refractivity contribution in [2.75, 3.05) is 18.0 Å². The third kappa shape index (κ3) is 2.77. The molecule has 0 radical (unpaired) electrons. The molecule has 1 atom stereocenters. The van der Waals surface area contributed by atoms with E-state index in [1.165, 1.54) is 0 Å². The lowest BCUT2D eigenvalue weighted by molar-refractivity contribution is 0.490. The second kappa shape index (κ2) is 5.18. The summed E-state index contributed by atoms with van der Waals surface area (Å²) in [5.41, 5.74) is -0.121. The Labute approximate surface area is 105 Å². The molecule has 1 unspecified atom stereocenters. The molecule has 2 nitrogen and oxygen atoms in total. The number of benzene rings is 1. The first kappa shape index (κ1) is 13.2. The van der Waals surface area contributed by atoms with Gasteiger partial charge < -0.3 is 10.2 Å². The average Bonchev–Trinajstić information content (AvgIpc) is 2.63. The molecular formula is C13H17F3N2. The minimum absolute atomic E-state index is 0.121. The lowest BCUT2D eigenvalue weighted by Crippen LogP contribution is -2.37. The van der Waals surface area contributed by atoms with Crippen LogP contribution in [-0.2, 0) is 0 Å². The van der Waals surface area contributed by atoms with Gasteiger partial charge >= 0.3 is 0 Å². The van der Waals surface area contributed by atoms with Gasteiger partial charge in [0.1, 0.15) is 11.5 Å². The van der Waals surface area contributed by atoms with Gasteiger partial charge in [-0.15, -0.1) is 0 Å². The Morgan fingerprint density at radius 3 is 2.39 bits per heavy atom. The number of hydrogen-bond donors (Lipinski definition) is 1. The molecule has 0 aliphatic carbocycles. The fourth-order valence-corrected chi connectivity index (χ4v) is 2.41. The van der Waals surface area contributed by atoms with Gasteiger partial charge in [-0.3, -0.25) is 0 Å². The van der Waals surface area contributed by atoms with Gasteiger partial charge in [0.25, 0.3) is 0 Å². The van der Waals surface area contributed by atoms with Gasteiger partial charge in [-0.25, -0.2) is 13.2 Å². The molecule has 18 heavy (non-hydrogen) atoms. The van der Waals surface area contributed by atoms with Crippen molar-refractivity contribution in [2.24, 2.45) is 0 Å². The van der Waals surface area contributed by atoms with Crippen molar-refractivity contribution in [3.8, 4) is 0 Å². The predicted octanol–water partition coefficient (Wildman–Crippen LogP) is 2.68. The molecule has 1 fully saturated rings. The highest BCUT2D eigenvalue weighted by Gasteiger charge is 2.27. The lowest BCUT2D eigenvalue weighted by atomic mass is 10.2. The summed E-state index contributed by atoms with van der Waals surface area (Å²) < 4.78 is 40.1. The van der Waals surface area contributed by atoms with E-state index in [-0.39, 0.29) is 11.7 Å². The zero-order valence-electron chi connectivity index (χ0n) is 10.5. The van der Waals surface area contributed by atoms with Crippen molar-refractivity contribution in [1.82, 2.24) is 5.32 Å². The largest absolute Gasteiger partial charge is 0.365 e. The third-order valence-corrected chi connectivity index (χ3v) is 3.06. The second-order valence-electron chi connectivity index (χ2n) is 4.97. The molecule has 1 N–H and O–H groups in total. The first-order valence-corrected chi connectivity index (χ1v) is 6.13. The molecule has 100 valence electrons. The number of halogens is 3. The van der Waals surface area contributed by atoms with Crippen LogP contribution in [0, 0.1) is 17.5 Å². The highest BCUT2D eigenvalue weighted by atomic mass is 19.1. The molecule has 1 aromatic rings. The summed E-state index contributed by atoms with van der Waals surface area (Å²) in [6.45, 7) is 5.17. The zero-order chi connectivity index (χ0) is 13.3. The summed E-state index contributed by atoms with van der Waals surface area (Å²) in [6.07, 6.45) is 0.828. The summed E-state index contributed by atoms with van der Waals surface area (Å²) in [6, 6.07) is 2.00. The fourth-order valence-electron chi connectivity index (χ4n) is 2.41. The summed E-state index contributed by atoms with van der Waals surface area (Å²) in [5.74, 6) is -2.56. The van der Waals surface area contributed by atoms with E-state index in [0.29, 0.717) is 19.1 Å². The van der Waals surface area contributed by atoms with Crippen LogP contribution >= 0.6 is 0 Å². The highest BCUT2D eigenvalue weighted by molar-refractivity contribution is 5.50. The van der Waals surface area contributed by atoms with Crippen molar-refractivity contribution < 1.29 is 13.2 Å². The molecule has 1 aliphatic heterocycles. The van der Waals surface area contributed by atoms with Gasteiger partial charge in [0, 0.05) is 37.3 Å². The Kier molecular flexibility index (Phi) is 3.80. The molecular weight excluding hydrogens is 241 g/mol. The average molecular weight is 258 g/mol. The number of hydrogen-bond acceptors (Lipinski definition) is 2. The molecule has 0 bridgehead atoms. The summed E-state index contributed by atoms with van der Waals surface area (Å²) >= 11 is 0. The minimum Gasteiger partial charge on any atom is -0.365 e. The Bertz CT molecular complexity index is 411. The quantitative estimate of drug-likeness (QED) is 0.896. The maximum absolute atomic E-state index is 13.6. The summed E-state index contributed by atoms with van der Waals surface area (Å²) in [7, 11) is 0. The number of nitrogens with zero attached hydrogens (tertiary/aromatic N) is 1. The highest BCUT2D eigenvalue weighted by Crippen LogP contribution is 2.27. The van der Waals surface area contributed by atoms with Crippen molar-refractivity contribution >= 4 is 5.69 Å². The third-order valence-electron chi connectivity index (χ3n) is 3.06. The van der Waals surface area contributed by atoms with Gasteiger partial charge in [0.05, 0.1) is 0 Å². The van der Waals surface area contributed by atoms with E-state index in [0.717, 1.165) is 18.6 Å². The van der Waals surface area contributed by atoms with Crippen molar-refractivity contribution in [3.05, 3.63) is 29.6 Å². The molecule has 1 aliphatic rings. The van der Waals surface area contributed by atoms with E-state index in [4.69, 9.17) is 0 Å². The summed E-state index contributed by atoms with van der Waals surface area (Å²) in [4.78, 5) is 1.63. The standard InChI is InChI=1S/C13H17F3N2/c1-8(2)17-10-3-4-18(7-10)13-11(15)5-9(14)6-12(13)16/h5-6,8,10,17H,3-4,7H2,1-2H3. The van der Waals surface area contributed by atoms with Gasteiger partial charge in [-0.2, -0.15) is 0 Å². The zero-order valence-corrected chi connectivity index (χ0v) is 10.5. The van der Waals surface area contributed by atoms with E-state index < -0.39 is 17.5 Å². The number of nitrogens with one attached hydrogen (secondary N) is 1. The van der Waals surface area contributed by atoms with Crippen LogP contribution in [0.4, 0.5) is 18.9 Å². The first-order chi connectivity index (χ1) is 8.47. The van der Waals surface area contributed by atoms with Gasteiger partial charge in [0.15, 0.2) is 11.6 Å². The smallest absolute Gasteiger partial charge is 0.152 e. The monoisotopic (exact) mass is 258 g/mol. The molecule has 1 saturated heterocycles. The van der Waals surface area contributed by atoms with Crippen LogP contribution in [0.2, 0.25) is 0 Å². The molecule has 0 aromatic heterocycles. The van der Waals surface area contributed by atoms with Crippen LogP contribution in [0.25, 0.3) is 0 Å². The molecule has 0 spiro atoms. The van der Waals surface area contributed by atoms with Crippen molar-refractivity contribution in [3.63, 3.8) is 0 Å².